The van der Waals surface area contributed by atoms with Gasteiger partial charge in [-0.25, -0.2) is 0 Å². The zero-order valence-corrected chi connectivity index (χ0v) is 15.7. The van der Waals surface area contributed by atoms with E-state index in [0.717, 1.165) is 17.5 Å². The van der Waals surface area contributed by atoms with Crippen LogP contribution in [-0.2, 0) is 6.42 Å². The number of nitro groups is 1. The Kier molecular flexibility index (Phi) is 6.35. The Balaban J connectivity index is 1.87. The molecular weight excluding hydrogens is 350 g/mol. The maximum absolute atomic E-state index is 11.0. The third-order valence-electron chi connectivity index (χ3n) is 4.75. The quantitative estimate of drug-likeness (QED) is 0.337. The van der Waals surface area contributed by atoms with Crippen LogP contribution in [0.25, 0.3) is 0 Å². The molecule has 0 amide bonds. The molecule has 2 atom stereocenters. The molecule has 2 unspecified atom stereocenters. The van der Waals surface area contributed by atoms with Gasteiger partial charge < -0.3 is 5.11 Å². The molecule has 3 rings (SSSR count). The number of nitrogens with zero attached hydrogens (tertiary/aromatic N) is 1. The van der Waals surface area contributed by atoms with Crippen molar-refractivity contribution in [1.29, 1.82) is 0 Å². The summed E-state index contributed by atoms with van der Waals surface area (Å²) in [6, 6.07) is 24.3. The van der Waals surface area contributed by atoms with Crippen LogP contribution in [0.5, 0.6) is 0 Å². The Labute approximate surface area is 164 Å². The minimum atomic E-state index is -0.797. The summed E-state index contributed by atoms with van der Waals surface area (Å²) in [4.78, 5) is 10.4. The van der Waals surface area contributed by atoms with Gasteiger partial charge in [0.2, 0.25) is 0 Å². The molecule has 0 aromatic heterocycles. The van der Waals surface area contributed by atoms with Gasteiger partial charge in [0.15, 0.2) is 0 Å². The number of hydrogen-bond donors (Lipinski definition) is 1. The van der Waals surface area contributed by atoms with Gasteiger partial charge in [-0.15, -0.1) is 0 Å². The average Bonchev–Trinajstić information content (AvgIpc) is 2.71. The minimum Gasteiger partial charge on any atom is -0.387 e. The number of rotatable bonds is 7. The van der Waals surface area contributed by atoms with Gasteiger partial charge in [-0.05, 0) is 42.2 Å². The highest BCUT2D eigenvalue weighted by molar-refractivity contribution is 5.37. The molecule has 0 bridgehead atoms. The van der Waals surface area contributed by atoms with Crippen molar-refractivity contribution in [1.82, 2.24) is 0 Å². The zero-order chi connectivity index (χ0) is 19.9. The maximum Gasteiger partial charge on any atom is 0.269 e. The number of non-ortho nitro benzene ring substituents is 1. The fourth-order valence-electron chi connectivity index (χ4n) is 3.24. The van der Waals surface area contributed by atoms with E-state index in [9.17, 15) is 15.2 Å². The summed E-state index contributed by atoms with van der Waals surface area (Å²) in [7, 11) is 0. The molecule has 4 heteroatoms. The number of hydrogen-bond acceptors (Lipinski definition) is 3. The molecule has 28 heavy (non-hydrogen) atoms. The number of benzene rings is 3. The van der Waals surface area contributed by atoms with E-state index in [-0.39, 0.29) is 11.6 Å². The van der Waals surface area contributed by atoms with Crippen molar-refractivity contribution in [2.45, 2.75) is 25.4 Å². The van der Waals surface area contributed by atoms with Gasteiger partial charge in [-0.2, -0.15) is 0 Å². The average molecular weight is 373 g/mol. The highest BCUT2D eigenvalue weighted by atomic mass is 16.6. The summed E-state index contributed by atoms with van der Waals surface area (Å²) < 4.78 is 0. The van der Waals surface area contributed by atoms with E-state index in [1.807, 2.05) is 49.4 Å². The minimum absolute atomic E-state index is 0.0164. The first-order valence-corrected chi connectivity index (χ1v) is 9.24. The van der Waals surface area contributed by atoms with Crippen molar-refractivity contribution in [3.63, 3.8) is 0 Å². The number of allylic oxidation sites excluding steroid dienone is 1. The Bertz CT molecular complexity index is 949. The second-order valence-corrected chi connectivity index (χ2v) is 6.85. The SMILES string of the molecule is Cc1cccc(C(/C=C\Cc2ccccc2)C(O)c2ccc([N+](=O)[O-])cc2)c1. The molecule has 0 radical (unpaired) electrons. The second kappa shape index (κ2) is 9.11. The van der Waals surface area contributed by atoms with Crippen molar-refractivity contribution in [2.75, 3.05) is 0 Å². The molecule has 1 N–H and O–H groups in total. The Morgan fingerprint density at radius 3 is 2.32 bits per heavy atom. The molecule has 142 valence electrons. The van der Waals surface area contributed by atoms with E-state index < -0.39 is 11.0 Å². The predicted octanol–water partition coefficient (Wildman–Crippen LogP) is 5.52. The topological polar surface area (TPSA) is 63.4 Å². The molecule has 0 aliphatic rings. The molecule has 4 nitrogen and oxygen atoms in total. The predicted molar refractivity (Wildman–Crippen MR) is 111 cm³/mol. The van der Waals surface area contributed by atoms with Crippen molar-refractivity contribution >= 4 is 5.69 Å². The maximum atomic E-state index is 11.0. The number of aliphatic hydroxyl groups is 1. The van der Waals surface area contributed by atoms with Crippen LogP contribution in [-0.4, -0.2) is 10.0 Å². The fourth-order valence-corrected chi connectivity index (χ4v) is 3.24. The largest absolute Gasteiger partial charge is 0.387 e. The fraction of sp³-hybridized carbons (Fsp3) is 0.167. The smallest absolute Gasteiger partial charge is 0.269 e. The van der Waals surface area contributed by atoms with Crippen LogP contribution < -0.4 is 0 Å². The lowest BCUT2D eigenvalue weighted by molar-refractivity contribution is -0.384. The first-order valence-electron chi connectivity index (χ1n) is 9.24. The van der Waals surface area contributed by atoms with E-state index in [4.69, 9.17) is 0 Å². The van der Waals surface area contributed by atoms with Crippen molar-refractivity contribution in [2.24, 2.45) is 0 Å². The zero-order valence-electron chi connectivity index (χ0n) is 15.7. The van der Waals surface area contributed by atoms with Gasteiger partial charge in [0, 0.05) is 18.1 Å². The summed E-state index contributed by atoms with van der Waals surface area (Å²) in [5, 5.41) is 21.9. The third-order valence-corrected chi connectivity index (χ3v) is 4.75. The number of aryl methyl sites for hydroxylation is 1. The van der Waals surface area contributed by atoms with Crippen LogP contribution in [0.3, 0.4) is 0 Å². The summed E-state index contributed by atoms with van der Waals surface area (Å²) in [5.41, 5.74) is 4.00. The molecule has 0 aliphatic heterocycles. The standard InChI is InChI=1S/C24H23NO3/c1-18-7-5-11-21(17-18)23(12-6-10-19-8-3-2-4-9-19)24(26)20-13-15-22(16-14-20)25(27)28/h2-9,11-17,23-24,26H,10H2,1H3/b12-6-. The van der Waals surface area contributed by atoms with Crippen LogP contribution in [0, 0.1) is 17.0 Å². The molecule has 3 aromatic carbocycles. The third kappa shape index (κ3) is 4.93. The van der Waals surface area contributed by atoms with E-state index in [1.54, 1.807) is 12.1 Å². The molecule has 0 fully saturated rings. The van der Waals surface area contributed by atoms with Crippen LogP contribution in [0.4, 0.5) is 5.69 Å². The summed E-state index contributed by atoms with van der Waals surface area (Å²) in [6.07, 6.45) is 4.07. The first-order chi connectivity index (χ1) is 13.5. The van der Waals surface area contributed by atoms with Gasteiger partial charge in [0.05, 0.1) is 11.0 Å². The lowest BCUT2D eigenvalue weighted by Gasteiger charge is -2.21. The van der Waals surface area contributed by atoms with Gasteiger partial charge >= 0.3 is 0 Å². The van der Waals surface area contributed by atoms with Crippen LogP contribution >= 0.6 is 0 Å². The normalized spacial score (nSPS) is 13.4. The molecule has 0 spiro atoms. The summed E-state index contributed by atoms with van der Waals surface area (Å²) in [6.45, 7) is 2.02. The van der Waals surface area contributed by atoms with Crippen LogP contribution in [0.15, 0.2) is 91.0 Å². The molecule has 3 aromatic rings. The van der Waals surface area contributed by atoms with Crippen LogP contribution in [0.2, 0.25) is 0 Å². The Morgan fingerprint density at radius 2 is 1.68 bits per heavy atom. The lowest BCUT2D eigenvalue weighted by atomic mass is 9.87. The van der Waals surface area contributed by atoms with E-state index in [1.165, 1.54) is 17.7 Å². The number of aliphatic hydroxyl groups excluding tert-OH is 1. The lowest BCUT2D eigenvalue weighted by Crippen LogP contribution is -2.09. The van der Waals surface area contributed by atoms with Crippen molar-refractivity contribution in [3.05, 3.63) is 123 Å². The van der Waals surface area contributed by atoms with Gasteiger partial charge in [0.1, 0.15) is 0 Å². The molecular formula is C24H23NO3. The highest BCUT2D eigenvalue weighted by Crippen LogP contribution is 2.33. The highest BCUT2D eigenvalue weighted by Gasteiger charge is 2.21. The summed E-state index contributed by atoms with van der Waals surface area (Å²) >= 11 is 0. The summed E-state index contributed by atoms with van der Waals surface area (Å²) in [5.74, 6) is -0.245. The van der Waals surface area contributed by atoms with Crippen molar-refractivity contribution < 1.29 is 10.0 Å². The monoisotopic (exact) mass is 373 g/mol. The Hall–Kier alpha value is -3.24. The van der Waals surface area contributed by atoms with Gasteiger partial charge in [-0.1, -0.05) is 72.3 Å². The molecule has 0 saturated heterocycles. The van der Waals surface area contributed by atoms with Crippen molar-refractivity contribution in [3.8, 4) is 0 Å². The van der Waals surface area contributed by atoms with Gasteiger partial charge in [0.25, 0.3) is 5.69 Å². The van der Waals surface area contributed by atoms with Crippen LogP contribution in [0.1, 0.15) is 34.3 Å². The molecule has 0 heterocycles. The Morgan fingerprint density at radius 1 is 0.964 bits per heavy atom. The second-order valence-electron chi connectivity index (χ2n) is 6.85. The van der Waals surface area contributed by atoms with E-state index >= 15 is 0 Å². The number of nitro benzene ring substituents is 1. The molecule has 0 aliphatic carbocycles. The van der Waals surface area contributed by atoms with E-state index in [0.29, 0.717) is 5.56 Å². The van der Waals surface area contributed by atoms with Gasteiger partial charge in [-0.3, -0.25) is 10.1 Å². The molecule has 0 saturated carbocycles. The first kappa shape index (κ1) is 19.5. The van der Waals surface area contributed by atoms with E-state index in [2.05, 4.69) is 24.3 Å².